The van der Waals surface area contributed by atoms with E-state index >= 15 is 0 Å². The van der Waals surface area contributed by atoms with Gasteiger partial charge >= 0.3 is 0 Å². The summed E-state index contributed by atoms with van der Waals surface area (Å²) in [5.74, 6) is 0.261. The standard InChI is InChI=1S/C18H24ClFN2O/c19-16-4-2-15(3-5-16)13-22-14-18(12-17(22)23)6-10-21(11-7-18)9-1-8-20/h2-5H,1,6-14H2. The Labute approximate surface area is 142 Å². The van der Waals surface area contributed by atoms with E-state index in [1.54, 1.807) is 0 Å². The highest BCUT2D eigenvalue weighted by Gasteiger charge is 2.44. The molecule has 0 aliphatic carbocycles. The second-order valence-corrected chi connectivity index (χ2v) is 7.37. The van der Waals surface area contributed by atoms with Gasteiger partial charge in [0.1, 0.15) is 0 Å². The number of likely N-dealkylation sites (tertiary alicyclic amines) is 2. The third kappa shape index (κ3) is 4.04. The molecule has 0 unspecified atom stereocenters. The first-order valence-electron chi connectivity index (χ1n) is 8.41. The van der Waals surface area contributed by atoms with Crippen LogP contribution in [0.2, 0.25) is 5.02 Å². The minimum absolute atomic E-state index is 0.135. The quantitative estimate of drug-likeness (QED) is 0.820. The Bertz CT molecular complexity index is 540. The summed E-state index contributed by atoms with van der Waals surface area (Å²) >= 11 is 5.91. The zero-order valence-electron chi connectivity index (χ0n) is 13.4. The fraction of sp³-hybridized carbons (Fsp3) is 0.611. The number of hydrogen-bond donors (Lipinski definition) is 0. The van der Waals surface area contributed by atoms with Gasteiger partial charge in [0.15, 0.2) is 0 Å². The maximum atomic E-state index is 12.4. The van der Waals surface area contributed by atoms with Gasteiger partial charge in [0, 0.05) is 31.1 Å². The van der Waals surface area contributed by atoms with Crippen molar-refractivity contribution in [2.45, 2.75) is 32.2 Å². The van der Waals surface area contributed by atoms with Gasteiger partial charge < -0.3 is 9.80 Å². The maximum Gasteiger partial charge on any atom is 0.223 e. The minimum atomic E-state index is -0.241. The van der Waals surface area contributed by atoms with Crippen LogP contribution >= 0.6 is 11.6 Å². The molecule has 0 saturated carbocycles. The molecule has 2 heterocycles. The van der Waals surface area contributed by atoms with Gasteiger partial charge in [-0.3, -0.25) is 9.18 Å². The summed E-state index contributed by atoms with van der Waals surface area (Å²) in [5.41, 5.74) is 1.26. The molecule has 1 aromatic rings. The molecule has 1 amide bonds. The normalized spacial score (nSPS) is 21.3. The molecule has 2 aliphatic rings. The Hall–Kier alpha value is -1.13. The lowest BCUT2D eigenvalue weighted by Gasteiger charge is -2.38. The molecule has 3 nitrogen and oxygen atoms in total. The Morgan fingerprint density at radius 2 is 1.87 bits per heavy atom. The Morgan fingerprint density at radius 1 is 1.17 bits per heavy atom. The fourth-order valence-electron chi connectivity index (χ4n) is 3.81. The molecule has 0 aromatic heterocycles. The first kappa shape index (κ1) is 16.7. The lowest BCUT2D eigenvalue weighted by atomic mass is 9.77. The summed E-state index contributed by atoms with van der Waals surface area (Å²) in [7, 11) is 0. The average Bonchev–Trinajstić information content (AvgIpc) is 2.85. The molecule has 2 saturated heterocycles. The molecule has 3 rings (SSSR count). The fourth-order valence-corrected chi connectivity index (χ4v) is 3.93. The van der Waals surface area contributed by atoms with Gasteiger partial charge in [-0.1, -0.05) is 23.7 Å². The van der Waals surface area contributed by atoms with E-state index in [4.69, 9.17) is 11.6 Å². The number of amides is 1. The summed E-state index contributed by atoms with van der Waals surface area (Å²) in [4.78, 5) is 16.7. The van der Waals surface area contributed by atoms with Crippen molar-refractivity contribution in [2.24, 2.45) is 5.41 Å². The molecular formula is C18H24ClFN2O. The van der Waals surface area contributed by atoms with Crippen LogP contribution in [0, 0.1) is 5.41 Å². The van der Waals surface area contributed by atoms with Crippen molar-refractivity contribution in [3.8, 4) is 0 Å². The predicted octanol–water partition coefficient (Wildman–Crippen LogP) is 3.51. The highest BCUT2D eigenvalue weighted by Crippen LogP contribution is 2.41. The highest BCUT2D eigenvalue weighted by atomic mass is 35.5. The maximum absolute atomic E-state index is 12.4. The van der Waals surface area contributed by atoms with Crippen molar-refractivity contribution in [1.29, 1.82) is 0 Å². The molecule has 23 heavy (non-hydrogen) atoms. The summed E-state index contributed by atoms with van der Waals surface area (Å²) in [6, 6.07) is 7.72. The van der Waals surface area contributed by atoms with Gasteiger partial charge in [0.25, 0.3) is 0 Å². The van der Waals surface area contributed by atoms with Gasteiger partial charge in [-0.25, -0.2) is 0 Å². The van der Waals surface area contributed by atoms with Crippen LogP contribution in [0.1, 0.15) is 31.2 Å². The number of carbonyl (C=O) groups excluding carboxylic acids is 1. The van der Waals surface area contributed by atoms with Crippen LogP contribution in [-0.4, -0.2) is 48.6 Å². The number of alkyl halides is 1. The molecule has 0 bridgehead atoms. The molecule has 0 atom stereocenters. The van der Waals surface area contributed by atoms with E-state index in [0.29, 0.717) is 19.4 Å². The van der Waals surface area contributed by atoms with E-state index in [9.17, 15) is 9.18 Å². The largest absolute Gasteiger partial charge is 0.338 e. The van der Waals surface area contributed by atoms with Crippen molar-refractivity contribution in [1.82, 2.24) is 9.80 Å². The van der Waals surface area contributed by atoms with Crippen LogP contribution in [0.15, 0.2) is 24.3 Å². The molecular weight excluding hydrogens is 315 g/mol. The molecule has 1 spiro atoms. The summed E-state index contributed by atoms with van der Waals surface area (Å²) in [6.45, 7) is 4.10. The number of carbonyl (C=O) groups is 1. The summed E-state index contributed by atoms with van der Waals surface area (Å²) < 4.78 is 12.3. The number of benzene rings is 1. The van der Waals surface area contributed by atoms with Crippen LogP contribution in [0.3, 0.4) is 0 Å². The average molecular weight is 339 g/mol. The van der Waals surface area contributed by atoms with E-state index in [-0.39, 0.29) is 18.0 Å². The molecule has 126 valence electrons. The van der Waals surface area contributed by atoms with E-state index in [0.717, 1.165) is 49.6 Å². The predicted molar refractivity (Wildman–Crippen MR) is 90.2 cm³/mol. The van der Waals surface area contributed by atoms with Crippen molar-refractivity contribution in [3.05, 3.63) is 34.9 Å². The van der Waals surface area contributed by atoms with Crippen molar-refractivity contribution in [2.75, 3.05) is 32.9 Å². The van der Waals surface area contributed by atoms with Gasteiger partial charge in [0.05, 0.1) is 6.67 Å². The number of nitrogens with zero attached hydrogens (tertiary/aromatic N) is 2. The van der Waals surface area contributed by atoms with Gasteiger partial charge in [-0.15, -0.1) is 0 Å². The van der Waals surface area contributed by atoms with E-state index in [1.807, 2.05) is 29.2 Å². The van der Waals surface area contributed by atoms with E-state index in [1.165, 1.54) is 0 Å². The van der Waals surface area contributed by atoms with Gasteiger partial charge in [0.2, 0.25) is 5.91 Å². The third-order valence-corrected chi connectivity index (χ3v) is 5.47. The lowest BCUT2D eigenvalue weighted by molar-refractivity contribution is -0.128. The monoisotopic (exact) mass is 338 g/mol. The van der Waals surface area contributed by atoms with Crippen LogP contribution in [0.25, 0.3) is 0 Å². The van der Waals surface area contributed by atoms with Crippen molar-refractivity contribution in [3.63, 3.8) is 0 Å². The Balaban J connectivity index is 1.56. The zero-order chi connectivity index (χ0) is 16.3. The third-order valence-electron chi connectivity index (χ3n) is 5.22. The van der Waals surface area contributed by atoms with Crippen LogP contribution in [0.4, 0.5) is 4.39 Å². The highest BCUT2D eigenvalue weighted by molar-refractivity contribution is 6.30. The van der Waals surface area contributed by atoms with E-state index in [2.05, 4.69) is 4.90 Å². The molecule has 1 aromatic carbocycles. The number of rotatable bonds is 5. The van der Waals surface area contributed by atoms with E-state index < -0.39 is 0 Å². The van der Waals surface area contributed by atoms with Crippen molar-refractivity contribution >= 4 is 17.5 Å². The van der Waals surface area contributed by atoms with Crippen LogP contribution in [-0.2, 0) is 11.3 Å². The zero-order valence-corrected chi connectivity index (χ0v) is 14.2. The molecule has 0 radical (unpaired) electrons. The molecule has 5 heteroatoms. The van der Waals surface area contributed by atoms with Crippen LogP contribution < -0.4 is 0 Å². The second kappa shape index (κ2) is 7.18. The number of hydrogen-bond acceptors (Lipinski definition) is 2. The first-order chi connectivity index (χ1) is 11.1. The Morgan fingerprint density at radius 3 is 2.52 bits per heavy atom. The topological polar surface area (TPSA) is 23.6 Å². The smallest absolute Gasteiger partial charge is 0.223 e. The molecule has 2 fully saturated rings. The summed E-state index contributed by atoms with van der Waals surface area (Å²) in [6.07, 6.45) is 3.37. The molecule has 0 N–H and O–H groups in total. The van der Waals surface area contributed by atoms with Crippen molar-refractivity contribution < 1.29 is 9.18 Å². The minimum Gasteiger partial charge on any atom is -0.338 e. The lowest BCUT2D eigenvalue weighted by Crippen LogP contribution is -2.41. The molecule has 2 aliphatic heterocycles. The first-order valence-corrected chi connectivity index (χ1v) is 8.79. The van der Waals surface area contributed by atoms with Gasteiger partial charge in [-0.2, -0.15) is 0 Å². The number of halogens is 2. The summed E-state index contributed by atoms with van der Waals surface area (Å²) in [5, 5.41) is 0.721. The Kier molecular flexibility index (Phi) is 5.22. The SMILES string of the molecule is O=C1CC2(CCN(CCCF)CC2)CN1Cc1ccc(Cl)cc1. The van der Waals surface area contributed by atoms with Gasteiger partial charge in [-0.05, 0) is 55.5 Å². The van der Waals surface area contributed by atoms with Crippen LogP contribution in [0.5, 0.6) is 0 Å². The second-order valence-electron chi connectivity index (χ2n) is 6.94. The number of piperidine rings is 1.